The second-order valence-electron chi connectivity index (χ2n) is 4.11. The minimum absolute atomic E-state index is 0.140. The first-order chi connectivity index (χ1) is 7.81. The molecule has 2 atom stereocenters. The van der Waals surface area contributed by atoms with Crippen molar-refractivity contribution in [2.45, 2.75) is 19.4 Å². The van der Waals surface area contributed by atoms with Crippen LogP contribution in [0.1, 0.15) is 12.5 Å². The Balaban J connectivity index is 1.97. The van der Waals surface area contributed by atoms with Gasteiger partial charge in [-0.3, -0.25) is 0 Å². The molecule has 1 aliphatic rings. The van der Waals surface area contributed by atoms with Crippen molar-refractivity contribution in [2.75, 3.05) is 19.8 Å². The van der Waals surface area contributed by atoms with Crippen LogP contribution in [0.25, 0.3) is 0 Å². The van der Waals surface area contributed by atoms with E-state index in [9.17, 15) is 5.11 Å². The lowest BCUT2D eigenvalue weighted by Crippen LogP contribution is -2.34. The van der Waals surface area contributed by atoms with E-state index in [1.54, 1.807) is 0 Å². The van der Waals surface area contributed by atoms with Crippen molar-refractivity contribution in [1.82, 2.24) is 0 Å². The van der Waals surface area contributed by atoms with Gasteiger partial charge in [-0.25, -0.2) is 0 Å². The van der Waals surface area contributed by atoms with Crippen molar-refractivity contribution >= 4 is 0 Å². The van der Waals surface area contributed by atoms with E-state index in [1.165, 1.54) is 5.56 Å². The summed E-state index contributed by atoms with van der Waals surface area (Å²) < 4.78 is 10.9. The zero-order valence-electron chi connectivity index (χ0n) is 9.56. The first-order valence-corrected chi connectivity index (χ1v) is 5.77. The highest BCUT2D eigenvalue weighted by Crippen LogP contribution is 2.28. The van der Waals surface area contributed by atoms with E-state index >= 15 is 0 Å². The third-order valence-corrected chi connectivity index (χ3v) is 2.94. The Bertz CT molecular complexity index is 338. The molecule has 0 amide bonds. The SMILES string of the molecule is CCOCC(O)C1COc2ccccc2C1. The summed E-state index contributed by atoms with van der Waals surface area (Å²) in [5, 5.41) is 9.93. The molecule has 0 radical (unpaired) electrons. The highest BCUT2D eigenvalue weighted by molar-refractivity contribution is 5.35. The fourth-order valence-corrected chi connectivity index (χ4v) is 1.97. The predicted molar refractivity (Wildman–Crippen MR) is 61.6 cm³/mol. The van der Waals surface area contributed by atoms with Crippen LogP contribution in [0.4, 0.5) is 0 Å². The third-order valence-electron chi connectivity index (χ3n) is 2.94. The molecule has 1 heterocycles. The van der Waals surface area contributed by atoms with E-state index in [2.05, 4.69) is 6.07 Å². The summed E-state index contributed by atoms with van der Waals surface area (Å²) in [6.07, 6.45) is 0.429. The number of rotatable bonds is 4. The monoisotopic (exact) mass is 222 g/mol. The van der Waals surface area contributed by atoms with Crippen molar-refractivity contribution in [1.29, 1.82) is 0 Å². The predicted octanol–water partition coefficient (Wildman–Crippen LogP) is 1.64. The summed E-state index contributed by atoms with van der Waals surface area (Å²) in [7, 11) is 0. The maximum atomic E-state index is 9.93. The molecule has 0 bridgehead atoms. The van der Waals surface area contributed by atoms with Gasteiger partial charge in [-0.2, -0.15) is 0 Å². The fraction of sp³-hybridized carbons (Fsp3) is 0.538. The van der Waals surface area contributed by atoms with E-state index in [0.29, 0.717) is 19.8 Å². The van der Waals surface area contributed by atoms with Gasteiger partial charge in [-0.15, -0.1) is 0 Å². The van der Waals surface area contributed by atoms with Crippen molar-refractivity contribution in [3.05, 3.63) is 29.8 Å². The van der Waals surface area contributed by atoms with E-state index in [0.717, 1.165) is 12.2 Å². The van der Waals surface area contributed by atoms with E-state index < -0.39 is 6.10 Å². The zero-order chi connectivity index (χ0) is 11.4. The van der Waals surface area contributed by atoms with Crippen molar-refractivity contribution in [2.24, 2.45) is 5.92 Å². The standard InChI is InChI=1S/C13H18O3/c1-2-15-9-12(14)11-7-10-5-3-4-6-13(10)16-8-11/h3-6,11-12,14H,2,7-9H2,1H3. The minimum atomic E-state index is -0.437. The maximum absolute atomic E-state index is 9.93. The summed E-state index contributed by atoms with van der Waals surface area (Å²) in [5.41, 5.74) is 1.18. The quantitative estimate of drug-likeness (QED) is 0.841. The number of para-hydroxylation sites is 1. The van der Waals surface area contributed by atoms with Crippen LogP contribution >= 0.6 is 0 Å². The largest absolute Gasteiger partial charge is 0.493 e. The molecule has 1 N–H and O–H groups in total. The number of benzene rings is 1. The normalized spacial score (nSPS) is 21.0. The third kappa shape index (κ3) is 2.54. The van der Waals surface area contributed by atoms with Gasteiger partial charge in [0, 0.05) is 12.5 Å². The van der Waals surface area contributed by atoms with Crippen molar-refractivity contribution < 1.29 is 14.6 Å². The highest BCUT2D eigenvalue weighted by Gasteiger charge is 2.25. The van der Waals surface area contributed by atoms with Crippen molar-refractivity contribution in [3.8, 4) is 5.75 Å². The summed E-state index contributed by atoms with van der Waals surface area (Å²) in [5.74, 6) is 1.09. The number of aliphatic hydroxyl groups excluding tert-OH is 1. The highest BCUT2D eigenvalue weighted by atomic mass is 16.5. The number of hydrogen-bond donors (Lipinski definition) is 1. The second kappa shape index (κ2) is 5.32. The van der Waals surface area contributed by atoms with Gasteiger partial charge < -0.3 is 14.6 Å². The van der Waals surface area contributed by atoms with Gasteiger partial charge in [0.15, 0.2) is 0 Å². The number of fused-ring (bicyclic) bond motifs is 1. The average Bonchev–Trinajstić information content (AvgIpc) is 2.35. The number of hydrogen-bond acceptors (Lipinski definition) is 3. The Kier molecular flexibility index (Phi) is 3.80. The molecule has 1 aliphatic heterocycles. The van der Waals surface area contributed by atoms with Gasteiger partial charge in [0.05, 0.1) is 19.3 Å². The average molecular weight is 222 g/mol. The Morgan fingerprint density at radius 2 is 2.31 bits per heavy atom. The molecule has 2 rings (SSSR count). The van der Waals surface area contributed by atoms with E-state index in [4.69, 9.17) is 9.47 Å². The minimum Gasteiger partial charge on any atom is -0.493 e. The molecule has 88 valence electrons. The summed E-state index contributed by atoms with van der Waals surface area (Å²) in [4.78, 5) is 0. The van der Waals surface area contributed by atoms with Crippen LogP contribution in [0.15, 0.2) is 24.3 Å². The lowest BCUT2D eigenvalue weighted by atomic mass is 9.92. The van der Waals surface area contributed by atoms with Crippen molar-refractivity contribution in [3.63, 3.8) is 0 Å². The molecular weight excluding hydrogens is 204 g/mol. The Labute approximate surface area is 96.0 Å². The topological polar surface area (TPSA) is 38.7 Å². The molecule has 0 saturated heterocycles. The van der Waals surface area contributed by atoms with E-state index in [1.807, 2.05) is 25.1 Å². The van der Waals surface area contributed by atoms with Crippen LogP contribution in [0, 0.1) is 5.92 Å². The van der Waals surface area contributed by atoms with Gasteiger partial charge >= 0.3 is 0 Å². The molecule has 1 aromatic carbocycles. The van der Waals surface area contributed by atoms with Gasteiger partial charge in [0.1, 0.15) is 5.75 Å². The van der Waals surface area contributed by atoms with Crippen LogP contribution in [-0.2, 0) is 11.2 Å². The molecule has 3 heteroatoms. The Morgan fingerprint density at radius 3 is 3.12 bits per heavy atom. The van der Waals surface area contributed by atoms with Crippen LogP contribution in [-0.4, -0.2) is 31.0 Å². The van der Waals surface area contributed by atoms with Crippen LogP contribution in [0.5, 0.6) is 5.75 Å². The maximum Gasteiger partial charge on any atom is 0.122 e. The number of ether oxygens (including phenoxy) is 2. The lowest BCUT2D eigenvalue weighted by molar-refractivity contribution is -0.00803. The van der Waals surface area contributed by atoms with E-state index in [-0.39, 0.29) is 5.92 Å². The van der Waals surface area contributed by atoms with Gasteiger partial charge in [-0.05, 0) is 25.0 Å². The fourth-order valence-electron chi connectivity index (χ4n) is 1.97. The molecule has 0 fully saturated rings. The lowest BCUT2D eigenvalue weighted by Gasteiger charge is -2.28. The summed E-state index contributed by atoms with van der Waals surface area (Å²) in [6, 6.07) is 7.99. The zero-order valence-corrected chi connectivity index (χ0v) is 9.56. The molecule has 2 unspecified atom stereocenters. The van der Waals surface area contributed by atoms with Gasteiger partial charge in [0.25, 0.3) is 0 Å². The molecule has 0 aliphatic carbocycles. The number of aliphatic hydroxyl groups is 1. The first-order valence-electron chi connectivity index (χ1n) is 5.77. The molecule has 0 saturated carbocycles. The second-order valence-corrected chi connectivity index (χ2v) is 4.11. The van der Waals surface area contributed by atoms with Gasteiger partial charge in [0.2, 0.25) is 0 Å². The van der Waals surface area contributed by atoms with Crippen LogP contribution in [0.2, 0.25) is 0 Å². The summed E-state index contributed by atoms with van der Waals surface area (Å²) >= 11 is 0. The molecular formula is C13H18O3. The molecule has 0 aromatic heterocycles. The van der Waals surface area contributed by atoms with Gasteiger partial charge in [-0.1, -0.05) is 18.2 Å². The van der Waals surface area contributed by atoms with Crippen LogP contribution < -0.4 is 4.74 Å². The molecule has 0 spiro atoms. The smallest absolute Gasteiger partial charge is 0.122 e. The van der Waals surface area contributed by atoms with Crippen LogP contribution in [0.3, 0.4) is 0 Å². The first kappa shape index (κ1) is 11.4. The Hall–Kier alpha value is -1.06. The molecule has 16 heavy (non-hydrogen) atoms. The molecule has 1 aromatic rings. The molecule has 3 nitrogen and oxygen atoms in total. The summed E-state index contributed by atoms with van der Waals surface area (Å²) in [6.45, 7) is 3.54. The Morgan fingerprint density at radius 1 is 1.50 bits per heavy atom.